The largest absolute Gasteiger partial charge is 0.311 e. The van der Waals surface area contributed by atoms with Crippen LogP contribution in [0.15, 0.2) is 127 Å². The molecular formula is C60H61BN2S. The van der Waals surface area contributed by atoms with Gasteiger partial charge in [-0.3, -0.25) is 0 Å². The van der Waals surface area contributed by atoms with Crippen LogP contribution in [0.4, 0.5) is 34.1 Å². The Labute approximate surface area is 386 Å². The van der Waals surface area contributed by atoms with Crippen LogP contribution in [-0.4, -0.2) is 6.71 Å². The highest BCUT2D eigenvalue weighted by Crippen LogP contribution is 2.52. The molecule has 0 fully saturated rings. The molecule has 64 heavy (non-hydrogen) atoms. The molecule has 1 aromatic heterocycles. The first kappa shape index (κ1) is 41.2. The Kier molecular flexibility index (Phi) is 8.98. The fourth-order valence-corrected chi connectivity index (χ4v) is 12.4. The fourth-order valence-electron chi connectivity index (χ4n) is 11.3. The summed E-state index contributed by atoms with van der Waals surface area (Å²) in [5.74, 6) is 0. The van der Waals surface area contributed by atoms with Crippen molar-refractivity contribution in [2.24, 2.45) is 0 Å². The van der Waals surface area contributed by atoms with Crippen molar-refractivity contribution in [3.05, 3.63) is 161 Å². The summed E-state index contributed by atoms with van der Waals surface area (Å²) in [4.78, 5) is 5.30. The molecule has 0 atom stereocenters. The number of nitrogens with zero attached hydrogens (tertiary/aromatic N) is 2. The Morgan fingerprint density at radius 1 is 0.469 bits per heavy atom. The lowest BCUT2D eigenvalue weighted by atomic mass is 9.33. The fraction of sp³-hybridized carbons (Fsp3) is 0.300. The third-order valence-corrected chi connectivity index (χ3v) is 16.4. The van der Waals surface area contributed by atoms with E-state index in [0.717, 1.165) is 0 Å². The predicted octanol–water partition coefficient (Wildman–Crippen LogP) is 15.4. The molecule has 3 heterocycles. The molecule has 0 amide bonds. The first-order valence-electron chi connectivity index (χ1n) is 23.5. The number of fused-ring (bicyclic) bond motifs is 8. The molecule has 0 radical (unpaired) electrons. The van der Waals surface area contributed by atoms with Gasteiger partial charge in [0.05, 0.1) is 0 Å². The van der Waals surface area contributed by atoms with Gasteiger partial charge in [0.1, 0.15) is 0 Å². The molecule has 2 nitrogen and oxygen atoms in total. The maximum absolute atomic E-state index is 2.68. The SMILES string of the molecule is Cc1cc(C(C)(C)C)ccc1N1c2cc3c(cc2B2c4cc5c(cc4N(c4ccccc4C)c4cc(-c6ccccc6)cc1c42)sc1ccc(C(C)(C)C)cc15)C(C)(C)CCC3(C)C. The molecule has 0 saturated carbocycles. The third-order valence-electron chi connectivity index (χ3n) is 15.3. The van der Waals surface area contributed by atoms with Crippen molar-refractivity contribution in [1.82, 2.24) is 0 Å². The normalized spacial score (nSPS) is 16.2. The minimum absolute atomic E-state index is 0.0155. The average Bonchev–Trinajstić information content (AvgIpc) is 3.61. The lowest BCUT2D eigenvalue weighted by Crippen LogP contribution is -2.62. The summed E-state index contributed by atoms with van der Waals surface area (Å²) < 4.78 is 2.68. The molecule has 0 saturated heterocycles. The van der Waals surface area contributed by atoms with E-state index in [9.17, 15) is 0 Å². The predicted molar refractivity (Wildman–Crippen MR) is 281 cm³/mol. The number of hydrogen-bond acceptors (Lipinski definition) is 3. The molecule has 11 rings (SSSR count). The Morgan fingerprint density at radius 2 is 1.02 bits per heavy atom. The van der Waals surface area contributed by atoms with E-state index in [1.165, 1.54) is 128 Å². The molecule has 2 aliphatic heterocycles. The Balaban J connectivity index is 1.31. The zero-order valence-corrected chi connectivity index (χ0v) is 40.7. The van der Waals surface area contributed by atoms with Gasteiger partial charge in [0, 0.05) is 48.9 Å². The van der Waals surface area contributed by atoms with Gasteiger partial charge >= 0.3 is 0 Å². The highest BCUT2D eigenvalue weighted by Gasteiger charge is 2.47. The first-order valence-corrected chi connectivity index (χ1v) is 24.3. The smallest absolute Gasteiger partial charge is 0.252 e. The highest BCUT2D eigenvalue weighted by molar-refractivity contribution is 7.26. The molecule has 1 aliphatic carbocycles. The average molecular weight is 853 g/mol. The van der Waals surface area contributed by atoms with E-state index in [-0.39, 0.29) is 28.4 Å². The van der Waals surface area contributed by atoms with E-state index < -0.39 is 0 Å². The highest BCUT2D eigenvalue weighted by atomic mass is 32.1. The maximum Gasteiger partial charge on any atom is 0.252 e. The summed E-state index contributed by atoms with van der Waals surface area (Å²) in [5.41, 5.74) is 22.7. The summed E-state index contributed by atoms with van der Waals surface area (Å²) in [6.45, 7) is 28.5. The summed E-state index contributed by atoms with van der Waals surface area (Å²) in [7, 11) is 0. The van der Waals surface area contributed by atoms with Crippen LogP contribution in [0.2, 0.25) is 0 Å². The Morgan fingerprint density at radius 3 is 1.66 bits per heavy atom. The summed E-state index contributed by atoms with van der Waals surface area (Å²) in [6.07, 6.45) is 2.34. The maximum atomic E-state index is 2.68. The van der Waals surface area contributed by atoms with E-state index >= 15 is 0 Å². The molecule has 7 aromatic carbocycles. The summed E-state index contributed by atoms with van der Waals surface area (Å²) in [5, 5.41) is 2.72. The topological polar surface area (TPSA) is 6.48 Å². The minimum atomic E-state index is 0.0155. The molecule has 0 spiro atoms. The van der Waals surface area contributed by atoms with Gasteiger partial charge in [-0.1, -0.05) is 148 Å². The number of thiophene rings is 1. The van der Waals surface area contributed by atoms with Crippen LogP contribution < -0.4 is 26.2 Å². The van der Waals surface area contributed by atoms with E-state index in [2.05, 4.69) is 220 Å². The van der Waals surface area contributed by atoms with Gasteiger partial charge in [-0.15, -0.1) is 11.3 Å². The van der Waals surface area contributed by atoms with Crippen molar-refractivity contribution in [3.63, 3.8) is 0 Å². The second kappa shape index (κ2) is 14.0. The number of benzene rings is 7. The van der Waals surface area contributed by atoms with Crippen LogP contribution >= 0.6 is 11.3 Å². The van der Waals surface area contributed by atoms with Gasteiger partial charge in [-0.25, -0.2) is 0 Å². The Bertz CT molecular complexity index is 3230. The molecule has 0 unspecified atom stereocenters. The lowest BCUT2D eigenvalue weighted by molar-refractivity contribution is 0.332. The van der Waals surface area contributed by atoms with Crippen molar-refractivity contribution in [2.45, 2.75) is 118 Å². The van der Waals surface area contributed by atoms with Crippen molar-refractivity contribution in [3.8, 4) is 11.1 Å². The van der Waals surface area contributed by atoms with E-state index in [1.807, 2.05) is 11.3 Å². The summed E-state index contributed by atoms with van der Waals surface area (Å²) in [6, 6.07) is 50.0. The van der Waals surface area contributed by atoms with Gasteiger partial charge in [0.25, 0.3) is 6.71 Å². The van der Waals surface area contributed by atoms with Crippen LogP contribution in [0, 0.1) is 13.8 Å². The van der Waals surface area contributed by atoms with E-state index in [1.54, 1.807) is 0 Å². The van der Waals surface area contributed by atoms with Gasteiger partial charge in [-0.2, -0.15) is 0 Å². The molecule has 4 heteroatoms. The van der Waals surface area contributed by atoms with E-state index in [0.29, 0.717) is 0 Å². The number of hydrogen-bond donors (Lipinski definition) is 0. The van der Waals surface area contributed by atoms with Gasteiger partial charge in [0.15, 0.2) is 0 Å². The van der Waals surface area contributed by atoms with Crippen LogP contribution in [0.25, 0.3) is 31.3 Å². The monoisotopic (exact) mass is 852 g/mol. The molecule has 3 aliphatic rings. The lowest BCUT2D eigenvalue weighted by Gasteiger charge is -2.48. The number of aryl methyl sites for hydroxylation is 2. The zero-order valence-electron chi connectivity index (χ0n) is 39.9. The van der Waals surface area contributed by atoms with Gasteiger partial charge in [0.2, 0.25) is 0 Å². The van der Waals surface area contributed by atoms with Crippen LogP contribution in [0.5, 0.6) is 0 Å². The molecular weight excluding hydrogens is 792 g/mol. The van der Waals surface area contributed by atoms with Crippen molar-refractivity contribution in [2.75, 3.05) is 9.80 Å². The molecule has 320 valence electrons. The second-order valence-electron chi connectivity index (χ2n) is 22.6. The van der Waals surface area contributed by atoms with Crippen LogP contribution in [0.3, 0.4) is 0 Å². The quantitative estimate of drug-likeness (QED) is 0.163. The van der Waals surface area contributed by atoms with Crippen LogP contribution in [0.1, 0.15) is 115 Å². The van der Waals surface area contributed by atoms with Crippen molar-refractivity contribution in [1.29, 1.82) is 0 Å². The number of rotatable bonds is 3. The standard InChI is InChI=1S/C60H61BN2S/c1-36-18-16-17-21-48(36)62-51-35-55-43(42-31-41(58(6,7)8)23-25-54(42)64-55)32-46(51)61-47-33-44-45(60(11,12)27-26-59(44,9)10)34-50(47)63(49-24-22-40(28-37(49)2)57(3,4)5)53-30-39(29-52(62)56(53)61)38-19-14-13-15-20-38/h13-25,28-35H,26-27H2,1-12H3. The van der Waals surface area contributed by atoms with Gasteiger partial charge < -0.3 is 9.80 Å². The minimum Gasteiger partial charge on any atom is -0.311 e. The van der Waals surface area contributed by atoms with E-state index in [4.69, 9.17) is 0 Å². The Hall–Kier alpha value is -5.58. The van der Waals surface area contributed by atoms with Crippen molar-refractivity contribution >= 4 is 88.7 Å². The van der Waals surface area contributed by atoms with Gasteiger partial charge in [-0.05, 0) is 163 Å². The second-order valence-corrected chi connectivity index (χ2v) is 23.7. The first-order chi connectivity index (χ1) is 30.3. The van der Waals surface area contributed by atoms with Crippen LogP contribution in [-0.2, 0) is 21.7 Å². The zero-order chi connectivity index (χ0) is 44.8. The third kappa shape index (κ3) is 6.26. The molecule has 0 bridgehead atoms. The molecule has 0 N–H and O–H groups in total. The summed E-state index contributed by atoms with van der Waals surface area (Å²) >= 11 is 1.93. The molecule has 8 aromatic rings. The number of anilines is 6. The number of para-hydroxylation sites is 1. The van der Waals surface area contributed by atoms with Crippen molar-refractivity contribution < 1.29 is 0 Å².